The lowest BCUT2D eigenvalue weighted by atomic mass is 9.99. The van der Waals surface area contributed by atoms with E-state index in [2.05, 4.69) is 24.4 Å². The molecule has 2 amide bonds. The van der Waals surface area contributed by atoms with Crippen LogP contribution in [0.3, 0.4) is 0 Å². The molecule has 1 saturated heterocycles. The van der Waals surface area contributed by atoms with Crippen molar-refractivity contribution in [1.82, 2.24) is 10.2 Å². The van der Waals surface area contributed by atoms with E-state index in [-0.39, 0.29) is 24.6 Å². The highest BCUT2D eigenvalue weighted by atomic mass is 32.1. The Bertz CT molecular complexity index is 447. The molecule has 0 aliphatic carbocycles. The van der Waals surface area contributed by atoms with Crippen LogP contribution in [0.4, 0.5) is 4.79 Å². The van der Waals surface area contributed by atoms with Crippen molar-refractivity contribution in [3.63, 3.8) is 0 Å². The van der Waals surface area contributed by atoms with Gasteiger partial charge in [-0.25, -0.2) is 4.79 Å². The molecule has 20 heavy (non-hydrogen) atoms. The number of nitrogens with zero attached hydrogens (tertiary/aromatic N) is 1. The minimum absolute atomic E-state index is 0.00364. The maximum Gasteiger partial charge on any atom is 0.317 e. The average molecular weight is 296 g/mol. The lowest BCUT2D eigenvalue weighted by molar-refractivity contribution is 0.128. The number of carbonyl (C=O) groups is 1. The van der Waals surface area contributed by atoms with E-state index in [9.17, 15) is 9.90 Å². The first-order valence-corrected chi connectivity index (χ1v) is 8.11. The van der Waals surface area contributed by atoms with Gasteiger partial charge in [0.25, 0.3) is 0 Å². The lowest BCUT2D eigenvalue weighted by Crippen LogP contribution is -2.48. The van der Waals surface area contributed by atoms with Gasteiger partial charge >= 0.3 is 6.03 Å². The molecule has 0 spiro atoms. The first kappa shape index (κ1) is 15.3. The predicted octanol–water partition coefficient (Wildman–Crippen LogP) is 2.40. The van der Waals surface area contributed by atoms with Crippen LogP contribution in [0.25, 0.3) is 0 Å². The molecule has 0 aromatic carbocycles. The van der Waals surface area contributed by atoms with E-state index in [0.29, 0.717) is 6.54 Å². The molecular formula is C15H24N2O2S. The van der Waals surface area contributed by atoms with Gasteiger partial charge in [0.1, 0.15) is 0 Å². The Morgan fingerprint density at radius 2 is 2.40 bits per heavy atom. The van der Waals surface area contributed by atoms with Gasteiger partial charge < -0.3 is 15.3 Å². The molecule has 1 aromatic rings. The summed E-state index contributed by atoms with van der Waals surface area (Å²) in [6.07, 6.45) is 2.88. The molecule has 1 fully saturated rings. The third-order valence-corrected chi connectivity index (χ3v) is 4.76. The molecule has 1 aromatic heterocycles. The van der Waals surface area contributed by atoms with Crippen molar-refractivity contribution in [2.45, 2.75) is 39.2 Å². The second-order valence-electron chi connectivity index (χ2n) is 5.70. The molecular weight excluding hydrogens is 272 g/mol. The van der Waals surface area contributed by atoms with Crippen molar-refractivity contribution in [2.24, 2.45) is 5.92 Å². The topological polar surface area (TPSA) is 52.6 Å². The number of rotatable bonds is 4. The van der Waals surface area contributed by atoms with E-state index in [0.717, 1.165) is 25.8 Å². The molecule has 112 valence electrons. The van der Waals surface area contributed by atoms with Crippen LogP contribution in [0.1, 0.15) is 29.5 Å². The van der Waals surface area contributed by atoms with Gasteiger partial charge in [-0.3, -0.25) is 0 Å². The summed E-state index contributed by atoms with van der Waals surface area (Å²) in [7, 11) is 0. The molecule has 2 atom stereocenters. The fraction of sp³-hybridized carbons (Fsp3) is 0.667. The van der Waals surface area contributed by atoms with Gasteiger partial charge in [-0.2, -0.15) is 0 Å². The first-order chi connectivity index (χ1) is 9.58. The summed E-state index contributed by atoms with van der Waals surface area (Å²) in [5.74, 6) is 0.241. The summed E-state index contributed by atoms with van der Waals surface area (Å²) < 4.78 is 0. The number of aryl methyl sites for hydroxylation is 1. The van der Waals surface area contributed by atoms with Crippen LogP contribution in [-0.4, -0.2) is 41.8 Å². The number of urea groups is 1. The molecule has 4 nitrogen and oxygen atoms in total. The number of aliphatic hydroxyl groups is 1. The fourth-order valence-electron chi connectivity index (χ4n) is 2.65. The fourth-order valence-corrected chi connectivity index (χ4v) is 3.67. The van der Waals surface area contributed by atoms with Gasteiger partial charge in [0.2, 0.25) is 0 Å². The zero-order valence-corrected chi connectivity index (χ0v) is 13.1. The number of likely N-dealkylation sites (tertiary alicyclic amines) is 1. The van der Waals surface area contributed by atoms with Crippen molar-refractivity contribution < 1.29 is 9.90 Å². The highest BCUT2D eigenvalue weighted by Crippen LogP contribution is 2.18. The van der Waals surface area contributed by atoms with Gasteiger partial charge in [0.05, 0.1) is 0 Å². The average Bonchev–Trinajstić information content (AvgIpc) is 2.83. The van der Waals surface area contributed by atoms with Gasteiger partial charge in [0.15, 0.2) is 0 Å². The number of nitrogens with one attached hydrogen (secondary N) is 1. The summed E-state index contributed by atoms with van der Waals surface area (Å²) >= 11 is 1.78. The zero-order chi connectivity index (χ0) is 14.5. The van der Waals surface area contributed by atoms with Crippen LogP contribution in [0.15, 0.2) is 12.1 Å². The molecule has 0 radical (unpaired) electrons. The van der Waals surface area contributed by atoms with Crippen molar-refractivity contribution >= 4 is 17.4 Å². The third kappa shape index (κ3) is 4.21. The van der Waals surface area contributed by atoms with Gasteiger partial charge in [-0.05, 0) is 44.7 Å². The number of amides is 2. The van der Waals surface area contributed by atoms with Crippen LogP contribution >= 0.6 is 11.3 Å². The molecule has 0 saturated carbocycles. The molecule has 2 heterocycles. The van der Waals surface area contributed by atoms with E-state index >= 15 is 0 Å². The number of carbonyl (C=O) groups excluding carboxylic acids is 1. The van der Waals surface area contributed by atoms with E-state index in [1.165, 1.54) is 9.75 Å². The first-order valence-electron chi connectivity index (χ1n) is 7.30. The van der Waals surface area contributed by atoms with Gasteiger partial charge in [-0.15, -0.1) is 11.3 Å². The summed E-state index contributed by atoms with van der Waals surface area (Å²) in [5.41, 5.74) is 0. The van der Waals surface area contributed by atoms with Crippen LogP contribution in [0.5, 0.6) is 0 Å². The monoisotopic (exact) mass is 296 g/mol. The molecule has 1 aliphatic rings. The Morgan fingerprint density at radius 3 is 3.05 bits per heavy atom. The van der Waals surface area contributed by atoms with E-state index in [4.69, 9.17) is 0 Å². The second kappa shape index (κ2) is 7.09. The maximum absolute atomic E-state index is 12.2. The van der Waals surface area contributed by atoms with Gasteiger partial charge in [-0.1, -0.05) is 0 Å². The molecule has 2 rings (SSSR count). The van der Waals surface area contributed by atoms with E-state index in [1.54, 1.807) is 11.3 Å². The molecule has 0 bridgehead atoms. The highest BCUT2D eigenvalue weighted by Gasteiger charge is 2.23. The third-order valence-electron chi connectivity index (χ3n) is 3.74. The maximum atomic E-state index is 12.2. The smallest absolute Gasteiger partial charge is 0.317 e. The Balaban J connectivity index is 1.81. The quantitative estimate of drug-likeness (QED) is 0.896. The Kier molecular flexibility index (Phi) is 5.43. The van der Waals surface area contributed by atoms with Crippen LogP contribution in [-0.2, 0) is 6.42 Å². The summed E-state index contributed by atoms with van der Waals surface area (Å²) in [6, 6.07) is 4.38. The normalized spacial score (nSPS) is 20.8. The van der Waals surface area contributed by atoms with Crippen molar-refractivity contribution in [2.75, 3.05) is 19.7 Å². The largest absolute Gasteiger partial charge is 0.396 e. The van der Waals surface area contributed by atoms with Crippen LogP contribution in [0.2, 0.25) is 0 Å². The van der Waals surface area contributed by atoms with Crippen molar-refractivity contribution in [3.05, 3.63) is 21.9 Å². The number of hydrogen-bond acceptors (Lipinski definition) is 3. The van der Waals surface area contributed by atoms with Crippen LogP contribution in [0, 0.1) is 12.8 Å². The molecule has 1 aliphatic heterocycles. The number of thiophene rings is 1. The SMILES string of the molecule is Cc1ccc(CC(C)NC(=O)N2CCCC(CO)C2)s1. The second-order valence-corrected chi connectivity index (χ2v) is 7.08. The minimum Gasteiger partial charge on any atom is -0.396 e. The minimum atomic E-state index is 0.00364. The number of aliphatic hydroxyl groups excluding tert-OH is 1. The number of piperidine rings is 1. The van der Waals surface area contributed by atoms with Crippen LogP contribution < -0.4 is 5.32 Å². The molecule has 5 heteroatoms. The summed E-state index contributed by atoms with van der Waals surface area (Å²) in [6.45, 7) is 5.79. The Labute approximate surface area is 124 Å². The summed E-state index contributed by atoms with van der Waals surface area (Å²) in [4.78, 5) is 16.6. The predicted molar refractivity (Wildman–Crippen MR) is 82.1 cm³/mol. The van der Waals surface area contributed by atoms with Crippen molar-refractivity contribution in [1.29, 1.82) is 0 Å². The standard InChI is InChI=1S/C15H24N2O2S/c1-11(8-14-6-5-12(2)20-14)16-15(19)17-7-3-4-13(9-17)10-18/h5-6,11,13,18H,3-4,7-10H2,1-2H3,(H,16,19). The highest BCUT2D eigenvalue weighted by molar-refractivity contribution is 7.11. The van der Waals surface area contributed by atoms with E-state index in [1.807, 2.05) is 11.8 Å². The number of hydrogen-bond donors (Lipinski definition) is 2. The summed E-state index contributed by atoms with van der Waals surface area (Å²) in [5, 5.41) is 12.3. The Morgan fingerprint density at radius 1 is 1.60 bits per heavy atom. The molecule has 2 unspecified atom stereocenters. The van der Waals surface area contributed by atoms with Gasteiger partial charge in [0, 0.05) is 41.9 Å². The Hall–Kier alpha value is -1.07. The van der Waals surface area contributed by atoms with Crippen molar-refractivity contribution in [3.8, 4) is 0 Å². The van der Waals surface area contributed by atoms with E-state index < -0.39 is 0 Å². The lowest BCUT2D eigenvalue weighted by Gasteiger charge is -2.32. The molecule has 2 N–H and O–H groups in total. The zero-order valence-electron chi connectivity index (χ0n) is 12.3.